The number of methoxy groups -OCH3 is 1. The predicted molar refractivity (Wildman–Crippen MR) is 90.8 cm³/mol. The third-order valence-corrected chi connectivity index (χ3v) is 3.84. The minimum Gasteiger partial charge on any atom is -0.494 e. The normalized spacial score (nSPS) is 11.7. The molecule has 1 atom stereocenters. The Kier molecular flexibility index (Phi) is 6.66. The summed E-state index contributed by atoms with van der Waals surface area (Å²) in [5.74, 6) is -2.30. The van der Waals surface area contributed by atoms with Crippen LogP contribution in [0.5, 0.6) is 5.75 Å². The Hall–Kier alpha value is -2.96. The molecule has 138 valence electrons. The van der Waals surface area contributed by atoms with Gasteiger partial charge in [-0.25, -0.2) is 8.78 Å². The number of carbonyl (C=O) groups is 2. The average Bonchev–Trinajstić information content (AvgIpc) is 2.60. The van der Waals surface area contributed by atoms with E-state index in [1.807, 2.05) is 0 Å². The molecule has 0 aliphatic carbocycles. The van der Waals surface area contributed by atoms with E-state index in [0.717, 1.165) is 0 Å². The summed E-state index contributed by atoms with van der Waals surface area (Å²) in [4.78, 5) is 23.2. The topological polar surface area (TPSA) is 75.6 Å². The molecular weight excluding hydrogens is 344 g/mol. The van der Waals surface area contributed by atoms with Crippen LogP contribution in [0.2, 0.25) is 0 Å². The van der Waals surface area contributed by atoms with Crippen LogP contribution in [-0.4, -0.2) is 24.1 Å². The van der Waals surface area contributed by atoms with Gasteiger partial charge in [0.2, 0.25) is 5.91 Å². The number of aliphatic carboxylic acids is 1. The Labute approximate surface area is 149 Å². The third-order valence-electron chi connectivity index (χ3n) is 3.84. The fourth-order valence-corrected chi connectivity index (χ4v) is 2.51. The molecule has 0 heterocycles. The molecule has 0 aromatic heterocycles. The molecule has 0 saturated carbocycles. The van der Waals surface area contributed by atoms with Gasteiger partial charge in [-0.15, -0.1) is 0 Å². The maximum Gasteiger partial charge on any atom is 0.305 e. The Balaban J connectivity index is 1.99. The van der Waals surface area contributed by atoms with E-state index in [1.54, 1.807) is 6.07 Å². The van der Waals surface area contributed by atoms with Crippen LogP contribution >= 0.6 is 0 Å². The lowest BCUT2D eigenvalue weighted by Gasteiger charge is -2.17. The monoisotopic (exact) mass is 363 g/mol. The summed E-state index contributed by atoms with van der Waals surface area (Å²) < 4.78 is 31.5. The van der Waals surface area contributed by atoms with Gasteiger partial charge in [0.25, 0.3) is 0 Å². The minimum absolute atomic E-state index is 0.0586. The quantitative estimate of drug-likeness (QED) is 0.755. The molecule has 7 heteroatoms. The highest BCUT2D eigenvalue weighted by Crippen LogP contribution is 2.20. The molecule has 0 spiro atoms. The van der Waals surface area contributed by atoms with E-state index in [2.05, 4.69) is 5.32 Å². The number of aryl methyl sites for hydroxylation is 1. The van der Waals surface area contributed by atoms with Gasteiger partial charge in [0.15, 0.2) is 11.6 Å². The molecule has 2 aromatic rings. The van der Waals surface area contributed by atoms with Crippen LogP contribution in [0, 0.1) is 11.6 Å². The number of benzene rings is 2. The molecule has 0 fully saturated rings. The lowest BCUT2D eigenvalue weighted by atomic mass is 10.0. The van der Waals surface area contributed by atoms with Crippen molar-refractivity contribution in [1.29, 1.82) is 0 Å². The number of hydrogen-bond donors (Lipinski definition) is 2. The van der Waals surface area contributed by atoms with Crippen LogP contribution in [0.15, 0.2) is 42.5 Å². The van der Waals surface area contributed by atoms with Gasteiger partial charge in [-0.2, -0.15) is 0 Å². The zero-order chi connectivity index (χ0) is 19.1. The second kappa shape index (κ2) is 8.94. The molecular formula is C19H19F2NO4. The first-order valence-electron chi connectivity index (χ1n) is 7.98. The first-order valence-corrected chi connectivity index (χ1v) is 7.98. The molecule has 0 saturated heterocycles. The fourth-order valence-electron chi connectivity index (χ4n) is 2.51. The summed E-state index contributed by atoms with van der Waals surface area (Å²) in [6.45, 7) is 0. The molecule has 1 unspecified atom stereocenters. The molecule has 2 rings (SSSR count). The molecule has 2 N–H and O–H groups in total. The third kappa shape index (κ3) is 5.54. The smallest absolute Gasteiger partial charge is 0.305 e. The standard InChI is InChI=1S/C19H19F2NO4/c1-26-17-8-2-12(10-15(17)21)3-9-18(23)22-16(11-19(24)25)13-4-6-14(20)7-5-13/h2,4-8,10,16H,3,9,11H2,1H3,(H,22,23)(H,24,25). The van der Waals surface area contributed by atoms with Crippen LogP contribution in [0.3, 0.4) is 0 Å². The van der Waals surface area contributed by atoms with E-state index < -0.39 is 23.6 Å². The first kappa shape index (κ1) is 19.4. The number of carboxylic acid groups (broad SMARTS) is 1. The number of halogens is 2. The van der Waals surface area contributed by atoms with Crippen LogP contribution in [0.25, 0.3) is 0 Å². The Morgan fingerprint density at radius 2 is 1.85 bits per heavy atom. The van der Waals surface area contributed by atoms with Gasteiger partial charge in [-0.1, -0.05) is 18.2 Å². The maximum atomic E-state index is 13.7. The van der Waals surface area contributed by atoms with E-state index in [9.17, 15) is 18.4 Å². The Morgan fingerprint density at radius 1 is 1.15 bits per heavy atom. The van der Waals surface area contributed by atoms with Crippen molar-refractivity contribution in [1.82, 2.24) is 5.32 Å². The molecule has 0 radical (unpaired) electrons. The Morgan fingerprint density at radius 3 is 2.42 bits per heavy atom. The number of carboxylic acids is 1. The van der Waals surface area contributed by atoms with E-state index in [0.29, 0.717) is 11.1 Å². The maximum absolute atomic E-state index is 13.7. The number of rotatable bonds is 8. The molecule has 5 nitrogen and oxygen atoms in total. The number of amides is 1. The first-order chi connectivity index (χ1) is 12.4. The second-order valence-electron chi connectivity index (χ2n) is 5.74. The molecule has 0 aliphatic heterocycles. The average molecular weight is 363 g/mol. The summed E-state index contributed by atoms with van der Waals surface area (Å²) in [7, 11) is 1.36. The van der Waals surface area contributed by atoms with Gasteiger partial charge in [0.05, 0.1) is 19.6 Å². The van der Waals surface area contributed by atoms with Crippen molar-refractivity contribution in [3.63, 3.8) is 0 Å². The van der Waals surface area contributed by atoms with Crippen LogP contribution in [0.1, 0.15) is 30.0 Å². The van der Waals surface area contributed by atoms with Gasteiger partial charge in [0, 0.05) is 6.42 Å². The van der Waals surface area contributed by atoms with Crippen LogP contribution < -0.4 is 10.1 Å². The molecule has 26 heavy (non-hydrogen) atoms. The van der Waals surface area contributed by atoms with E-state index in [1.165, 1.54) is 43.5 Å². The van der Waals surface area contributed by atoms with Crippen molar-refractivity contribution in [2.45, 2.75) is 25.3 Å². The summed E-state index contributed by atoms with van der Waals surface area (Å²) in [5.41, 5.74) is 1.12. The van der Waals surface area contributed by atoms with Gasteiger partial charge in [0.1, 0.15) is 5.82 Å². The van der Waals surface area contributed by atoms with Crippen molar-refractivity contribution in [2.75, 3.05) is 7.11 Å². The van der Waals surface area contributed by atoms with Crippen molar-refractivity contribution in [3.05, 3.63) is 65.2 Å². The summed E-state index contributed by atoms with van der Waals surface area (Å²) in [6.07, 6.45) is 0.0214. The highest BCUT2D eigenvalue weighted by Gasteiger charge is 2.18. The number of nitrogens with one attached hydrogen (secondary N) is 1. The molecule has 0 aliphatic rings. The largest absolute Gasteiger partial charge is 0.494 e. The highest BCUT2D eigenvalue weighted by atomic mass is 19.1. The Bertz CT molecular complexity index is 778. The molecule has 1 amide bonds. The van der Waals surface area contributed by atoms with Crippen LogP contribution in [0.4, 0.5) is 8.78 Å². The van der Waals surface area contributed by atoms with Crippen molar-refractivity contribution in [2.24, 2.45) is 0 Å². The van der Waals surface area contributed by atoms with Gasteiger partial charge >= 0.3 is 5.97 Å². The van der Waals surface area contributed by atoms with E-state index >= 15 is 0 Å². The second-order valence-corrected chi connectivity index (χ2v) is 5.74. The highest BCUT2D eigenvalue weighted by molar-refractivity contribution is 5.78. The number of ether oxygens (including phenoxy) is 1. The lowest BCUT2D eigenvalue weighted by Crippen LogP contribution is -2.30. The zero-order valence-electron chi connectivity index (χ0n) is 14.2. The minimum atomic E-state index is -1.09. The van der Waals surface area contributed by atoms with Gasteiger partial charge in [-0.05, 0) is 41.8 Å². The van der Waals surface area contributed by atoms with E-state index in [4.69, 9.17) is 9.84 Å². The molecule has 2 aromatic carbocycles. The van der Waals surface area contributed by atoms with Crippen LogP contribution in [-0.2, 0) is 16.0 Å². The zero-order valence-corrected chi connectivity index (χ0v) is 14.2. The number of carbonyl (C=O) groups excluding carboxylic acids is 1. The van der Waals surface area contributed by atoms with Gasteiger partial charge in [-0.3, -0.25) is 9.59 Å². The van der Waals surface area contributed by atoms with Gasteiger partial charge < -0.3 is 15.2 Å². The molecule has 0 bridgehead atoms. The van der Waals surface area contributed by atoms with Crippen molar-refractivity contribution >= 4 is 11.9 Å². The SMILES string of the molecule is COc1ccc(CCC(=O)NC(CC(=O)O)c2ccc(F)cc2)cc1F. The summed E-state index contributed by atoms with van der Waals surface area (Å²) >= 11 is 0. The fraction of sp³-hybridized carbons (Fsp3) is 0.263. The lowest BCUT2D eigenvalue weighted by molar-refractivity contribution is -0.137. The number of hydrogen-bond acceptors (Lipinski definition) is 3. The summed E-state index contributed by atoms with van der Waals surface area (Å²) in [5, 5.41) is 11.7. The van der Waals surface area contributed by atoms with E-state index in [-0.39, 0.29) is 30.9 Å². The predicted octanol–water partition coefficient (Wildman–Crippen LogP) is 3.24. The van der Waals surface area contributed by atoms with Crippen molar-refractivity contribution in [3.8, 4) is 5.75 Å². The van der Waals surface area contributed by atoms with Crippen molar-refractivity contribution < 1.29 is 28.2 Å². The summed E-state index contributed by atoms with van der Waals surface area (Å²) in [6, 6.07) is 8.93.